The summed E-state index contributed by atoms with van der Waals surface area (Å²) in [4.78, 5) is 11.3. The number of amides is 1. The molecule has 0 bridgehead atoms. The Balaban J connectivity index is 1.94. The van der Waals surface area contributed by atoms with Crippen LogP contribution in [-0.4, -0.2) is 35.4 Å². The molecule has 6 nitrogen and oxygen atoms in total. The molecule has 3 rings (SSSR count). The number of aromatic nitrogens is 2. The van der Waals surface area contributed by atoms with Crippen molar-refractivity contribution >= 4 is 11.7 Å². The van der Waals surface area contributed by atoms with E-state index in [1.54, 1.807) is 6.20 Å². The molecule has 1 fully saturated rings. The van der Waals surface area contributed by atoms with Crippen molar-refractivity contribution in [3.05, 3.63) is 11.8 Å². The first kappa shape index (κ1) is 10.6. The lowest BCUT2D eigenvalue weighted by molar-refractivity contribution is 0.100. The molecule has 1 saturated heterocycles. The van der Waals surface area contributed by atoms with Gasteiger partial charge in [0.15, 0.2) is 0 Å². The highest BCUT2D eigenvalue weighted by molar-refractivity contribution is 5.97. The van der Waals surface area contributed by atoms with Gasteiger partial charge in [-0.3, -0.25) is 4.79 Å². The van der Waals surface area contributed by atoms with Gasteiger partial charge in [0.2, 0.25) is 0 Å². The van der Waals surface area contributed by atoms with Gasteiger partial charge >= 0.3 is 0 Å². The Bertz CT molecular complexity index is 437. The fraction of sp³-hybridized carbons (Fsp3) is 0.636. The molecular weight excluding hydrogens is 220 g/mol. The summed E-state index contributed by atoms with van der Waals surface area (Å²) in [5, 5.41) is 7.51. The number of hydrogen-bond donors (Lipinski definition) is 2. The number of carbonyl (C=O) groups excluding carboxylic acids is 1. The van der Waals surface area contributed by atoms with Crippen LogP contribution in [-0.2, 0) is 4.74 Å². The Morgan fingerprint density at radius 2 is 2.47 bits per heavy atom. The van der Waals surface area contributed by atoms with Gasteiger partial charge in [0.25, 0.3) is 5.91 Å². The summed E-state index contributed by atoms with van der Waals surface area (Å²) in [5.74, 6) is 0.833. The lowest BCUT2D eigenvalue weighted by Crippen LogP contribution is -2.30. The molecule has 2 unspecified atom stereocenters. The lowest BCUT2D eigenvalue weighted by Gasteiger charge is -2.29. The van der Waals surface area contributed by atoms with Gasteiger partial charge in [-0.1, -0.05) is 0 Å². The predicted molar refractivity (Wildman–Crippen MR) is 61.8 cm³/mol. The van der Waals surface area contributed by atoms with Gasteiger partial charge in [-0.25, -0.2) is 4.68 Å². The SMILES string of the molecule is NC(=O)c1cnn2c1NCCC2C1CCOC1. The van der Waals surface area contributed by atoms with Crippen LogP contribution in [0.3, 0.4) is 0 Å². The van der Waals surface area contributed by atoms with E-state index >= 15 is 0 Å². The number of anilines is 1. The summed E-state index contributed by atoms with van der Waals surface area (Å²) in [5.41, 5.74) is 5.80. The summed E-state index contributed by atoms with van der Waals surface area (Å²) >= 11 is 0. The van der Waals surface area contributed by atoms with Crippen molar-refractivity contribution in [1.29, 1.82) is 0 Å². The normalized spacial score (nSPS) is 27.5. The molecule has 0 aromatic carbocycles. The third kappa shape index (κ3) is 1.68. The summed E-state index contributed by atoms with van der Waals surface area (Å²) in [6, 6.07) is 0.321. The summed E-state index contributed by atoms with van der Waals surface area (Å²) < 4.78 is 7.33. The van der Waals surface area contributed by atoms with E-state index in [0.29, 0.717) is 17.5 Å². The molecule has 2 atom stereocenters. The minimum atomic E-state index is -0.429. The second-order valence-corrected chi connectivity index (χ2v) is 4.62. The topological polar surface area (TPSA) is 82.2 Å². The molecule has 17 heavy (non-hydrogen) atoms. The number of ether oxygens (including phenoxy) is 1. The smallest absolute Gasteiger partial charge is 0.254 e. The average Bonchev–Trinajstić information content (AvgIpc) is 2.97. The van der Waals surface area contributed by atoms with Crippen LogP contribution < -0.4 is 11.1 Å². The van der Waals surface area contributed by atoms with Crippen molar-refractivity contribution < 1.29 is 9.53 Å². The maximum Gasteiger partial charge on any atom is 0.254 e. The Labute approximate surface area is 99.1 Å². The van der Waals surface area contributed by atoms with Crippen molar-refractivity contribution in [3.8, 4) is 0 Å². The van der Waals surface area contributed by atoms with Crippen LogP contribution in [0.2, 0.25) is 0 Å². The maximum absolute atomic E-state index is 11.3. The molecule has 0 aliphatic carbocycles. The monoisotopic (exact) mass is 236 g/mol. The number of rotatable bonds is 2. The van der Waals surface area contributed by atoms with Crippen molar-refractivity contribution in [1.82, 2.24) is 9.78 Å². The lowest BCUT2D eigenvalue weighted by atomic mass is 9.95. The van der Waals surface area contributed by atoms with E-state index < -0.39 is 5.91 Å². The van der Waals surface area contributed by atoms with Crippen LogP contribution in [0.1, 0.15) is 29.2 Å². The van der Waals surface area contributed by atoms with E-state index in [4.69, 9.17) is 10.5 Å². The second-order valence-electron chi connectivity index (χ2n) is 4.62. The molecule has 0 radical (unpaired) electrons. The molecule has 1 amide bonds. The molecule has 1 aromatic heterocycles. The van der Waals surface area contributed by atoms with Crippen LogP contribution >= 0.6 is 0 Å². The van der Waals surface area contributed by atoms with Gasteiger partial charge in [-0.15, -0.1) is 0 Å². The van der Waals surface area contributed by atoms with Crippen LogP contribution in [0.4, 0.5) is 5.82 Å². The van der Waals surface area contributed by atoms with E-state index in [1.165, 1.54) is 0 Å². The van der Waals surface area contributed by atoms with E-state index in [2.05, 4.69) is 10.4 Å². The predicted octanol–water partition coefficient (Wildman–Crippen LogP) is 0.375. The molecule has 0 spiro atoms. The van der Waals surface area contributed by atoms with Crippen molar-refractivity contribution in [2.24, 2.45) is 11.7 Å². The van der Waals surface area contributed by atoms with Gasteiger partial charge in [-0.05, 0) is 12.8 Å². The largest absolute Gasteiger partial charge is 0.381 e. The van der Waals surface area contributed by atoms with Gasteiger partial charge < -0.3 is 15.8 Å². The zero-order valence-corrected chi connectivity index (χ0v) is 9.56. The molecule has 2 aliphatic heterocycles. The quantitative estimate of drug-likeness (QED) is 0.777. The number of primary amides is 1. The molecule has 6 heteroatoms. The fourth-order valence-electron chi connectivity index (χ4n) is 2.72. The van der Waals surface area contributed by atoms with Gasteiger partial charge in [0.05, 0.1) is 18.8 Å². The second kappa shape index (κ2) is 4.03. The third-order valence-electron chi connectivity index (χ3n) is 3.62. The number of hydrogen-bond acceptors (Lipinski definition) is 4. The van der Waals surface area contributed by atoms with Crippen molar-refractivity contribution in [2.45, 2.75) is 18.9 Å². The number of nitrogens with two attached hydrogens (primary N) is 1. The Kier molecular flexibility index (Phi) is 2.51. The number of nitrogens with zero attached hydrogens (tertiary/aromatic N) is 2. The van der Waals surface area contributed by atoms with Crippen LogP contribution in [0.15, 0.2) is 6.20 Å². The highest BCUT2D eigenvalue weighted by atomic mass is 16.5. The summed E-state index contributed by atoms with van der Waals surface area (Å²) in [7, 11) is 0. The minimum Gasteiger partial charge on any atom is -0.381 e. The Morgan fingerprint density at radius 1 is 1.59 bits per heavy atom. The average molecular weight is 236 g/mol. The summed E-state index contributed by atoms with van der Waals surface area (Å²) in [6.45, 7) is 2.47. The summed E-state index contributed by atoms with van der Waals surface area (Å²) in [6.07, 6.45) is 3.63. The number of carbonyl (C=O) groups is 1. The van der Waals surface area contributed by atoms with Crippen LogP contribution in [0, 0.1) is 5.92 Å². The number of fused-ring (bicyclic) bond motifs is 1. The molecule has 3 heterocycles. The fourth-order valence-corrected chi connectivity index (χ4v) is 2.72. The first-order chi connectivity index (χ1) is 8.27. The first-order valence-corrected chi connectivity index (χ1v) is 5.96. The first-order valence-electron chi connectivity index (χ1n) is 5.96. The molecule has 92 valence electrons. The standard InChI is InChI=1S/C11H16N4O2/c12-10(16)8-5-14-15-9(1-3-13-11(8)15)7-2-4-17-6-7/h5,7,9,13H,1-4,6H2,(H2,12,16). The van der Waals surface area contributed by atoms with Crippen LogP contribution in [0.25, 0.3) is 0 Å². The Morgan fingerprint density at radius 3 is 3.18 bits per heavy atom. The molecule has 2 aliphatic rings. The minimum absolute atomic E-state index is 0.321. The number of nitrogens with one attached hydrogen (secondary N) is 1. The third-order valence-corrected chi connectivity index (χ3v) is 3.62. The van der Waals surface area contributed by atoms with Gasteiger partial charge in [0, 0.05) is 19.1 Å². The van der Waals surface area contributed by atoms with E-state index in [1.807, 2.05) is 4.68 Å². The van der Waals surface area contributed by atoms with Crippen molar-refractivity contribution in [2.75, 3.05) is 25.1 Å². The zero-order valence-electron chi connectivity index (χ0n) is 9.56. The van der Waals surface area contributed by atoms with E-state index in [9.17, 15) is 4.79 Å². The zero-order chi connectivity index (χ0) is 11.8. The molecule has 0 saturated carbocycles. The Hall–Kier alpha value is -1.56. The molecule has 3 N–H and O–H groups in total. The van der Waals surface area contributed by atoms with E-state index in [0.717, 1.165) is 38.4 Å². The highest BCUT2D eigenvalue weighted by Gasteiger charge is 2.32. The van der Waals surface area contributed by atoms with Gasteiger partial charge in [0.1, 0.15) is 11.4 Å². The molecule has 1 aromatic rings. The van der Waals surface area contributed by atoms with Crippen LogP contribution in [0.5, 0.6) is 0 Å². The highest BCUT2D eigenvalue weighted by Crippen LogP contribution is 2.34. The van der Waals surface area contributed by atoms with E-state index in [-0.39, 0.29) is 0 Å². The molecular formula is C11H16N4O2. The maximum atomic E-state index is 11.3. The van der Waals surface area contributed by atoms with Gasteiger partial charge in [-0.2, -0.15) is 5.10 Å². The van der Waals surface area contributed by atoms with Crippen molar-refractivity contribution in [3.63, 3.8) is 0 Å².